The molecular weight excluding hydrogens is 964 g/mol. The molecule has 5 N–H and O–H groups in total. The molecule has 0 radical (unpaired) electrons. The number of hydrogen-bond acceptors (Lipinski definition) is 11. The molecule has 7 rings (SSSR count). The van der Waals surface area contributed by atoms with E-state index in [4.69, 9.17) is 4.74 Å². The van der Waals surface area contributed by atoms with Crippen molar-refractivity contribution >= 4 is 52.2 Å². The van der Waals surface area contributed by atoms with E-state index in [9.17, 15) is 41.9 Å². The Morgan fingerprint density at radius 1 is 0.877 bits per heavy atom. The molecule has 5 aromatic rings. The molecule has 20 heteroatoms. The smallest absolute Gasteiger partial charge is 0.380 e. The summed E-state index contributed by atoms with van der Waals surface area (Å²) in [6.45, 7) is 11.0. The van der Waals surface area contributed by atoms with Crippen LogP contribution in [0.15, 0.2) is 89.3 Å². The monoisotopic (exact) mass is 1030 g/mol. The number of unbranched alkanes of at least 4 members (excludes halogenated alkanes) is 1. The number of aromatic amines is 1. The van der Waals surface area contributed by atoms with Crippen LogP contribution in [0.2, 0.25) is 0 Å². The van der Waals surface area contributed by atoms with Crippen molar-refractivity contribution in [2.24, 2.45) is 5.41 Å². The molecule has 5 amide bonds. The number of nitrogens with zero attached hydrogens (tertiary/aromatic N) is 4. The number of anilines is 2. The van der Waals surface area contributed by atoms with Gasteiger partial charge in [-0.25, -0.2) is 4.98 Å². The van der Waals surface area contributed by atoms with Gasteiger partial charge in [0.15, 0.2) is 0 Å². The molecule has 2 saturated heterocycles. The number of ether oxygens (including phenoxy) is 1. The fourth-order valence-electron chi connectivity index (χ4n) is 8.92. The third kappa shape index (κ3) is 13.6. The van der Waals surface area contributed by atoms with Gasteiger partial charge in [0.05, 0.1) is 44.7 Å². The molecule has 2 aromatic heterocycles. The molecule has 2 fully saturated rings. The number of thiazole rings is 1. The summed E-state index contributed by atoms with van der Waals surface area (Å²) < 4.78 is 47.3. The molecule has 0 unspecified atom stereocenters. The molecule has 0 spiro atoms. The van der Waals surface area contributed by atoms with Crippen molar-refractivity contribution in [1.82, 2.24) is 35.7 Å². The van der Waals surface area contributed by atoms with Gasteiger partial charge in [0, 0.05) is 83.6 Å². The number of H-pyrrole nitrogens is 1. The van der Waals surface area contributed by atoms with Crippen LogP contribution >= 0.6 is 11.3 Å². The van der Waals surface area contributed by atoms with Gasteiger partial charge in [-0.05, 0) is 78.7 Å². The Balaban J connectivity index is 0.913. The topological polar surface area (TPSA) is 198 Å². The van der Waals surface area contributed by atoms with Gasteiger partial charge in [0.2, 0.25) is 23.3 Å². The maximum absolute atomic E-state index is 14.2. The van der Waals surface area contributed by atoms with Gasteiger partial charge in [0.25, 0.3) is 11.8 Å². The zero-order valence-corrected chi connectivity index (χ0v) is 42.6. The lowest BCUT2D eigenvalue weighted by molar-refractivity contribution is -0.144. The number of hydrogen-bond donors (Lipinski definition) is 5. The maximum Gasteiger partial charge on any atom is 0.417 e. The highest BCUT2D eigenvalue weighted by Crippen LogP contribution is 2.36. The van der Waals surface area contributed by atoms with Crippen LogP contribution in [0.4, 0.5) is 24.5 Å². The lowest BCUT2D eigenvalue weighted by atomic mass is 9.85. The third-order valence-corrected chi connectivity index (χ3v) is 14.2. The summed E-state index contributed by atoms with van der Waals surface area (Å²) in [4.78, 5) is 92.9. The number of amides is 5. The van der Waals surface area contributed by atoms with Crippen molar-refractivity contribution in [2.75, 3.05) is 63.6 Å². The third-order valence-electron chi connectivity index (χ3n) is 13.2. The minimum absolute atomic E-state index is 0.0980. The zero-order valence-electron chi connectivity index (χ0n) is 41.8. The number of aryl methyl sites for hydroxylation is 1. The molecule has 0 saturated carbocycles. The van der Waals surface area contributed by atoms with E-state index in [0.29, 0.717) is 60.8 Å². The Hall–Kier alpha value is -6.90. The summed E-state index contributed by atoms with van der Waals surface area (Å²) in [5, 5.41) is 11.5. The minimum atomic E-state index is -4.94. The lowest BCUT2D eigenvalue weighted by Crippen LogP contribution is -2.57. The second kappa shape index (κ2) is 23.3. The van der Waals surface area contributed by atoms with Crippen molar-refractivity contribution in [3.05, 3.63) is 123 Å². The summed E-state index contributed by atoms with van der Waals surface area (Å²) in [5.41, 5.74) is 3.53. The van der Waals surface area contributed by atoms with Crippen molar-refractivity contribution in [3.8, 4) is 21.6 Å². The fourth-order valence-corrected chi connectivity index (χ4v) is 9.73. The average molecular weight is 1030 g/mol. The first kappa shape index (κ1) is 53.9. The first-order valence-corrected chi connectivity index (χ1v) is 25.0. The first-order valence-electron chi connectivity index (χ1n) is 24.2. The van der Waals surface area contributed by atoms with Crippen LogP contribution in [-0.2, 0) is 31.8 Å². The molecular formula is C53H62F3N9O7S. The van der Waals surface area contributed by atoms with Crippen LogP contribution in [0, 0.1) is 12.3 Å². The number of piperazine rings is 1. The highest BCUT2D eigenvalue weighted by molar-refractivity contribution is 7.13. The van der Waals surface area contributed by atoms with Crippen LogP contribution in [0.25, 0.3) is 21.6 Å². The molecule has 2 aliphatic heterocycles. The van der Waals surface area contributed by atoms with E-state index in [0.717, 1.165) is 41.0 Å². The van der Waals surface area contributed by atoms with Gasteiger partial charge < -0.3 is 45.7 Å². The van der Waals surface area contributed by atoms with Crippen molar-refractivity contribution in [1.29, 1.82) is 0 Å². The van der Waals surface area contributed by atoms with Gasteiger partial charge in [-0.3, -0.25) is 28.8 Å². The number of carbonyl (C=O) groups excluding carboxylic acids is 5. The van der Waals surface area contributed by atoms with Gasteiger partial charge in [-0.1, -0.05) is 63.2 Å². The van der Waals surface area contributed by atoms with E-state index < -0.39 is 46.3 Å². The van der Waals surface area contributed by atoms with Gasteiger partial charge in [-0.2, -0.15) is 13.2 Å². The minimum Gasteiger partial charge on any atom is -0.380 e. The average Bonchev–Trinajstić information content (AvgIpc) is 4.01. The molecule has 3 atom stereocenters. The number of aromatic nitrogens is 2. The number of likely N-dealkylation sites (tertiary alicyclic amines) is 1. The Labute approximate surface area is 426 Å². The highest BCUT2D eigenvalue weighted by Gasteiger charge is 2.45. The van der Waals surface area contributed by atoms with E-state index in [1.54, 1.807) is 54.8 Å². The number of halogens is 3. The van der Waals surface area contributed by atoms with Gasteiger partial charge in [-0.15, -0.1) is 11.3 Å². The van der Waals surface area contributed by atoms with Crippen LogP contribution in [0.1, 0.15) is 84.0 Å². The summed E-state index contributed by atoms with van der Waals surface area (Å²) in [7, 11) is 3.53. The predicted molar refractivity (Wildman–Crippen MR) is 274 cm³/mol. The summed E-state index contributed by atoms with van der Waals surface area (Å²) >= 11 is 1.57. The van der Waals surface area contributed by atoms with E-state index >= 15 is 0 Å². The maximum atomic E-state index is 14.2. The second-order valence-electron chi connectivity index (χ2n) is 19.5. The summed E-state index contributed by atoms with van der Waals surface area (Å²) in [6, 6.07) is 18.6. The molecule has 3 aromatic carbocycles. The quantitative estimate of drug-likeness (QED) is 0.0614. The number of rotatable bonds is 17. The number of alkyl halides is 3. The van der Waals surface area contributed by atoms with Crippen molar-refractivity contribution < 1.29 is 41.9 Å². The Morgan fingerprint density at radius 2 is 1.56 bits per heavy atom. The standard InChI is InChI=1S/C53H62F3N9O7S/c1-32-46(73-31-60-32)35-12-10-33(11-13-35)28-59-50(70)43-26-38(72-6)30-65(43)51(71)47(52(2,3)4)62-44(66)9-7-8-20-57-48(68)36-16-14-34(15-17-36)37-18-19-42(64-23-21-63(5)22-24-64)41(25-37)61-49(69)39-29-58-45(67)27-40(39)53(54,55)56/h10-19,25,27,29,31,38,43,47H,7-9,20-24,26,28,30H2,1-6H3,(H,57,68)(H,58,67)(H,59,70)(H,61,69)(H,62,66)/t38-,43+,47-/m1/s1. The first-order chi connectivity index (χ1) is 34.7. The Kier molecular flexibility index (Phi) is 17.2. The molecule has 0 bridgehead atoms. The van der Waals surface area contributed by atoms with Crippen LogP contribution in [0.5, 0.6) is 0 Å². The lowest BCUT2D eigenvalue weighted by Gasteiger charge is -2.35. The number of methoxy groups -OCH3 is 1. The Morgan fingerprint density at radius 3 is 2.21 bits per heavy atom. The fraction of sp³-hybridized carbons (Fsp3) is 0.415. The summed E-state index contributed by atoms with van der Waals surface area (Å²) in [5.74, 6) is -2.40. The Bertz CT molecular complexity index is 2840. The van der Waals surface area contributed by atoms with Crippen LogP contribution in [0.3, 0.4) is 0 Å². The normalized spacial score (nSPS) is 16.7. The molecule has 73 heavy (non-hydrogen) atoms. The van der Waals surface area contributed by atoms with Crippen LogP contribution < -0.4 is 31.7 Å². The number of carbonyl (C=O) groups is 5. The van der Waals surface area contributed by atoms with Gasteiger partial charge in [0.1, 0.15) is 12.1 Å². The number of nitrogens with one attached hydrogen (secondary N) is 5. The van der Waals surface area contributed by atoms with E-state index in [1.165, 1.54) is 4.90 Å². The zero-order chi connectivity index (χ0) is 52.6. The molecule has 2 aliphatic rings. The summed E-state index contributed by atoms with van der Waals surface area (Å²) in [6.07, 6.45) is -3.24. The molecule has 388 valence electrons. The van der Waals surface area contributed by atoms with E-state index in [2.05, 4.69) is 36.1 Å². The van der Waals surface area contributed by atoms with Crippen molar-refractivity contribution in [3.63, 3.8) is 0 Å². The van der Waals surface area contributed by atoms with E-state index in [-0.39, 0.29) is 61.5 Å². The van der Waals surface area contributed by atoms with Crippen molar-refractivity contribution in [2.45, 2.75) is 84.3 Å². The highest BCUT2D eigenvalue weighted by atomic mass is 32.1. The van der Waals surface area contributed by atoms with E-state index in [1.807, 2.05) is 75.5 Å². The number of pyridine rings is 1. The SMILES string of the molecule is CO[C@@H]1C[C@@H](C(=O)NCc2ccc(-c3scnc3C)cc2)N(C(=O)[C@@H](NC(=O)CCCCNC(=O)c2ccc(-c3ccc(N4CCN(C)CC4)c(NC(=O)c4c[nH]c(=O)cc4C(F)(F)F)c3)cc2)C(C)(C)C)C1. The second-order valence-corrected chi connectivity index (χ2v) is 20.4. The van der Waals surface area contributed by atoms with Gasteiger partial charge >= 0.3 is 6.18 Å². The largest absolute Gasteiger partial charge is 0.417 e. The number of benzene rings is 3. The molecule has 0 aliphatic carbocycles. The molecule has 16 nitrogen and oxygen atoms in total. The van der Waals surface area contributed by atoms with Crippen LogP contribution in [-0.4, -0.2) is 121 Å². The predicted octanol–water partition coefficient (Wildman–Crippen LogP) is 6.86. The number of likely N-dealkylation sites (N-methyl/N-ethyl adjacent to an activating group) is 1. The molecule has 4 heterocycles.